The van der Waals surface area contributed by atoms with E-state index in [0.717, 1.165) is 11.2 Å². The van der Waals surface area contributed by atoms with Crippen LogP contribution in [0.2, 0.25) is 0 Å². The second-order valence-electron chi connectivity index (χ2n) is 7.67. The van der Waals surface area contributed by atoms with Crippen LogP contribution in [0.3, 0.4) is 0 Å². The Kier molecular flexibility index (Phi) is 3.62. The first-order valence-corrected chi connectivity index (χ1v) is 9.79. The highest BCUT2D eigenvalue weighted by Gasteiger charge is 2.51. The summed E-state index contributed by atoms with van der Waals surface area (Å²) in [4.78, 5) is 20.9. The monoisotopic (exact) mass is 375 g/mol. The molecule has 136 valence electrons. The number of carbonyl (C=O) groups is 1. The number of H-pyrrole nitrogens is 1. The maximum Gasteiger partial charge on any atom is 0.256 e. The van der Waals surface area contributed by atoms with Crippen molar-refractivity contribution >= 4 is 39.8 Å². The van der Waals surface area contributed by atoms with Crippen molar-refractivity contribution in [1.82, 2.24) is 9.88 Å². The molecule has 5 heteroatoms. The Bertz CT molecular complexity index is 1060. The summed E-state index contributed by atoms with van der Waals surface area (Å²) in [5.41, 5.74) is 4.44. The summed E-state index contributed by atoms with van der Waals surface area (Å²) in [5, 5.41) is 1.83. The van der Waals surface area contributed by atoms with Gasteiger partial charge in [0.25, 0.3) is 5.91 Å². The lowest BCUT2D eigenvalue weighted by atomic mass is 9.87. The quantitative estimate of drug-likeness (QED) is 0.674. The van der Waals surface area contributed by atoms with Gasteiger partial charge in [0.1, 0.15) is 6.04 Å². The Hall–Kier alpha value is -2.66. The van der Waals surface area contributed by atoms with Gasteiger partial charge in [0.05, 0.1) is 11.7 Å². The third-order valence-electron chi connectivity index (χ3n) is 5.74. The lowest BCUT2D eigenvalue weighted by Gasteiger charge is -2.39. The predicted molar refractivity (Wildman–Crippen MR) is 112 cm³/mol. The number of benzene rings is 2. The molecule has 3 aromatic rings. The van der Waals surface area contributed by atoms with E-state index in [1.54, 1.807) is 4.90 Å². The number of fused-ring (bicyclic) bond motifs is 4. The van der Waals surface area contributed by atoms with E-state index < -0.39 is 0 Å². The molecule has 0 unspecified atom stereocenters. The first kappa shape index (κ1) is 16.5. The highest BCUT2D eigenvalue weighted by molar-refractivity contribution is 7.80. The zero-order valence-corrected chi connectivity index (χ0v) is 16.2. The highest BCUT2D eigenvalue weighted by Crippen LogP contribution is 2.44. The molecule has 0 radical (unpaired) electrons. The van der Waals surface area contributed by atoms with Gasteiger partial charge in [-0.3, -0.25) is 9.69 Å². The predicted octanol–water partition coefficient (Wildman–Crippen LogP) is 4.42. The number of hydrogen-bond donors (Lipinski definition) is 1. The molecule has 0 spiro atoms. The van der Waals surface area contributed by atoms with Gasteiger partial charge in [-0.15, -0.1) is 0 Å². The molecule has 1 saturated heterocycles. The lowest BCUT2D eigenvalue weighted by Crippen LogP contribution is -2.45. The Morgan fingerprint density at radius 2 is 1.78 bits per heavy atom. The molecule has 1 aromatic heterocycles. The van der Waals surface area contributed by atoms with Crippen molar-refractivity contribution in [2.24, 2.45) is 5.92 Å². The van der Waals surface area contributed by atoms with Crippen LogP contribution in [0.1, 0.15) is 31.1 Å². The number of rotatable bonds is 2. The molecule has 1 N–H and O–H groups in total. The van der Waals surface area contributed by atoms with Gasteiger partial charge in [0, 0.05) is 23.0 Å². The zero-order valence-electron chi connectivity index (χ0n) is 15.3. The summed E-state index contributed by atoms with van der Waals surface area (Å²) in [6.45, 7) is 4.39. The molecule has 2 aliphatic rings. The third-order valence-corrected chi connectivity index (χ3v) is 6.13. The summed E-state index contributed by atoms with van der Waals surface area (Å²) >= 11 is 5.82. The fourth-order valence-corrected chi connectivity index (χ4v) is 5.04. The van der Waals surface area contributed by atoms with Gasteiger partial charge in [-0.1, -0.05) is 50.2 Å². The van der Waals surface area contributed by atoms with Crippen LogP contribution in [0, 0.1) is 5.92 Å². The largest absolute Gasteiger partial charge is 0.356 e. The van der Waals surface area contributed by atoms with Crippen molar-refractivity contribution < 1.29 is 4.79 Å². The summed E-state index contributed by atoms with van der Waals surface area (Å²) in [6.07, 6.45) is 0.685. The first-order valence-electron chi connectivity index (χ1n) is 9.38. The number of thiocarbonyl (C=S) groups is 1. The molecule has 2 aliphatic heterocycles. The van der Waals surface area contributed by atoms with E-state index in [0.29, 0.717) is 17.5 Å². The van der Waals surface area contributed by atoms with Crippen LogP contribution in [0.15, 0.2) is 54.6 Å². The molecule has 3 heterocycles. The number of aromatic amines is 1. The van der Waals surface area contributed by atoms with Crippen LogP contribution in [-0.2, 0) is 11.2 Å². The number of anilines is 1. The average molecular weight is 375 g/mol. The molecule has 0 bridgehead atoms. The maximum atomic E-state index is 13.4. The first-order chi connectivity index (χ1) is 13.1. The van der Waals surface area contributed by atoms with Gasteiger partial charge in [0.2, 0.25) is 0 Å². The van der Waals surface area contributed by atoms with E-state index in [9.17, 15) is 4.79 Å². The summed E-state index contributed by atoms with van der Waals surface area (Å²) < 4.78 is 0. The molecule has 5 rings (SSSR count). The Morgan fingerprint density at radius 1 is 1.07 bits per heavy atom. The summed E-state index contributed by atoms with van der Waals surface area (Å²) in [7, 11) is 0. The standard InChI is InChI=1S/C22H21N3OS/c1-13(2)20-19-16(15-10-6-7-11-17(15)23-19)12-18-21(26)24(22(27)25(18)20)14-8-4-3-5-9-14/h3-11,13,18,20,23H,12H2,1-2H3/t18-,20+/m0/s1. The topological polar surface area (TPSA) is 39.3 Å². The van der Waals surface area contributed by atoms with Crippen molar-refractivity contribution in [3.05, 3.63) is 65.9 Å². The van der Waals surface area contributed by atoms with Gasteiger partial charge in [-0.05, 0) is 41.9 Å². The molecule has 27 heavy (non-hydrogen) atoms. The van der Waals surface area contributed by atoms with Crippen molar-refractivity contribution in [3.63, 3.8) is 0 Å². The third kappa shape index (κ3) is 2.28. The smallest absolute Gasteiger partial charge is 0.256 e. The molecule has 2 atom stereocenters. The molecular weight excluding hydrogens is 354 g/mol. The Balaban J connectivity index is 1.66. The number of hydrogen-bond acceptors (Lipinski definition) is 2. The van der Waals surface area contributed by atoms with E-state index in [1.165, 1.54) is 16.6 Å². The van der Waals surface area contributed by atoms with Crippen LogP contribution >= 0.6 is 12.2 Å². The minimum atomic E-state index is -0.239. The number of para-hydroxylation sites is 2. The molecule has 2 aromatic carbocycles. The van der Waals surface area contributed by atoms with E-state index in [1.807, 2.05) is 36.4 Å². The van der Waals surface area contributed by atoms with E-state index in [4.69, 9.17) is 12.2 Å². The number of amides is 1. The molecule has 1 amide bonds. The molecule has 1 fully saturated rings. The van der Waals surface area contributed by atoms with Crippen molar-refractivity contribution in [2.45, 2.75) is 32.4 Å². The van der Waals surface area contributed by atoms with Crippen LogP contribution in [0.25, 0.3) is 10.9 Å². The maximum absolute atomic E-state index is 13.4. The van der Waals surface area contributed by atoms with E-state index in [-0.39, 0.29) is 18.0 Å². The summed E-state index contributed by atoms with van der Waals surface area (Å²) in [5.74, 6) is 0.397. The zero-order chi connectivity index (χ0) is 18.7. The second kappa shape index (κ2) is 5.92. The molecule has 0 saturated carbocycles. The van der Waals surface area contributed by atoms with Gasteiger partial charge in [0.15, 0.2) is 5.11 Å². The lowest BCUT2D eigenvalue weighted by molar-refractivity contribution is -0.120. The number of aromatic nitrogens is 1. The van der Waals surface area contributed by atoms with Crippen LogP contribution in [0.4, 0.5) is 5.69 Å². The second-order valence-corrected chi connectivity index (χ2v) is 8.04. The van der Waals surface area contributed by atoms with Gasteiger partial charge in [-0.25, -0.2) is 0 Å². The van der Waals surface area contributed by atoms with Crippen molar-refractivity contribution in [3.8, 4) is 0 Å². The Labute approximate surface area is 163 Å². The van der Waals surface area contributed by atoms with Gasteiger partial charge < -0.3 is 9.88 Å². The fraction of sp³-hybridized carbons (Fsp3) is 0.273. The average Bonchev–Trinajstić information content (AvgIpc) is 3.16. The van der Waals surface area contributed by atoms with E-state index >= 15 is 0 Å². The SMILES string of the molecule is CC(C)[C@@H]1c2[nH]c3ccccc3c2C[C@H]2C(=O)N(c3ccccc3)C(=S)N21. The van der Waals surface area contributed by atoms with E-state index in [2.05, 4.69) is 41.9 Å². The molecule has 4 nitrogen and oxygen atoms in total. The van der Waals surface area contributed by atoms with Crippen molar-refractivity contribution in [2.75, 3.05) is 4.90 Å². The van der Waals surface area contributed by atoms with Gasteiger partial charge in [-0.2, -0.15) is 0 Å². The minimum absolute atomic E-state index is 0.0660. The fourth-order valence-electron chi connectivity index (χ4n) is 4.60. The molecule has 0 aliphatic carbocycles. The molecular formula is C22H21N3OS. The highest BCUT2D eigenvalue weighted by atomic mass is 32.1. The van der Waals surface area contributed by atoms with Crippen LogP contribution in [-0.4, -0.2) is 26.9 Å². The van der Waals surface area contributed by atoms with Gasteiger partial charge >= 0.3 is 0 Å². The van der Waals surface area contributed by atoms with Crippen LogP contribution < -0.4 is 4.90 Å². The van der Waals surface area contributed by atoms with Crippen molar-refractivity contribution in [1.29, 1.82) is 0 Å². The summed E-state index contributed by atoms with van der Waals surface area (Å²) in [6, 6.07) is 17.9. The number of carbonyl (C=O) groups excluding carboxylic acids is 1. The van der Waals surface area contributed by atoms with Crippen LogP contribution in [0.5, 0.6) is 0 Å². The number of nitrogens with zero attached hydrogens (tertiary/aromatic N) is 2. The number of nitrogens with one attached hydrogen (secondary N) is 1. The minimum Gasteiger partial charge on any atom is -0.356 e. The normalized spacial score (nSPS) is 21.9. The Morgan fingerprint density at radius 3 is 2.52 bits per heavy atom.